The highest BCUT2D eigenvalue weighted by atomic mass is 35.5. The quantitative estimate of drug-likeness (QED) is 0.538. The van der Waals surface area contributed by atoms with Crippen LogP contribution in [0.1, 0.15) is 43.5 Å². The number of hydrogen-bond donors (Lipinski definition) is 2. The smallest absolute Gasteiger partial charge is 0.129 e. The average Bonchev–Trinajstić information content (AvgIpc) is 3.41. The Kier molecular flexibility index (Phi) is 7.73. The van der Waals surface area contributed by atoms with Crippen molar-refractivity contribution >= 4 is 28.9 Å². The summed E-state index contributed by atoms with van der Waals surface area (Å²) in [6, 6.07) is 12.5. The van der Waals surface area contributed by atoms with Crippen molar-refractivity contribution in [3.63, 3.8) is 0 Å². The summed E-state index contributed by atoms with van der Waals surface area (Å²) in [7, 11) is 0. The molecule has 2 fully saturated rings. The molecule has 1 atom stereocenters. The Bertz CT molecular complexity index is 1050. The van der Waals surface area contributed by atoms with Gasteiger partial charge in [-0.15, -0.1) is 0 Å². The molecule has 188 valence electrons. The summed E-state index contributed by atoms with van der Waals surface area (Å²) >= 11 is 12.7. The molecule has 0 spiro atoms. The third kappa shape index (κ3) is 5.56. The molecule has 3 aliphatic heterocycles. The molecule has 0 amide bonds. The van der Waals surface area contributed by atoms with Gasteiger partial charge in [0.1, 0.15) is 12.0 Å². The first-order valence-electron chi connectivity index (χ1n) is 12.7. The molecule has 0 aliphatic carbocycles. The van der Waals surface area contributed by atoms with Crippen LogP contribution in [0.25, 0.3) is 0 Å². The Balaban J connectivity index is 1.17. The largest absolute Gasteiger partial charge is 0.367 e. The number of anilines is 1. The molecule has 2 aromatic carbocycles. The number of halogens is 3. The number of hydrogen-bond acceptors (Lipinski definition) is 5. The highest BCUT2D eigenvalue weighted by Gasteiger charge is 2.33. The lowest BCUT2D eigenvalue weighted by molar-refractivity contribution is 0.0609. The zero-order valence-electron chi connectivity index (χ0n) is 20.2. The van der Waals surface area contributed by atoms with Crippen LogP contribution in [0.2, 0.25) is 10.0 Å². The van der Waals surface area contributed by atoms with E-state index in [2.05, 4.69) is 50.5 Å². The molecule has 35 heavy (non-hydrogen) atoms. The van der Waals surface area contributed by atoms with Crippen molar-refractivity contribution in [3.8, 4) is 0 Å². The minimum Gasteiger partial charge on any atom is -0.367 e. The van der Waals surface area contributed by atoms with E-state index in [1.54, 1.807) is 6.07 Å². The van der Waals surface area contributed by atoms with Gasteiger partial charge in [0.2, 0.25) is 0 Å². The molecular weight excluding hydrogens is 484 g/mol. The molecule has 0 saturated carbocycles. The standard InChI is InChI=1S/C27H34Cl2FN5/c1-2-22-18-34(26-6-4-19(15-24(26)29)27-31-9-10-32-27)13-14-35(22)23-7-11-33(12-8-23)17-20-3-5-21(28)16-25(20)30/h3-6,9-10,15-16,22-23,27,31-32H,2,7-8,11-14,17-18H2,1H3/t22-/m0/s1. The van der Waals surface area contributed by atoms with Crippen LogP contribution in [-0.4, -0.2) is 54.6 Å². The Morgan fingerprint density at radius 3 is 2.43 bits per heavy atom. The van der Waals surface area contributed by atoms with Crippen molar-refractivity contribution in [2.24, 2.45) is 0 Å². The average molecular weight is 519 g/mol. The maximum Gasteiger partial charge on any atom is 0.129 e. The van der Waals surface area contributed by atoms with Gasteiger partial charge in [0.05, 0.1) is 10.7 Å². The lowest BCUT2D eigenvalue weighted by Gasteiger charge is -2.48. The molecule has 0 unspecified atom stereocenters. The molecule has 0 aromatic heterocycles. The molecular formula is C27H34Cl2FN5. The van der Waals surface area contributed by atoms with Gasteiger partial charge in [0, 0.05) is 61.2 Å². The highest BCUT2D eigenvalue weighted by Crippen LogP contribution is 2.32. The molecule has 8 heteroatoms. The Morgan fingerprint density at radius 1 is 0.971 bits per heavy atom. The Hall–Kier alpha value is -1.99. The second-order valence-corrected chi connectivity index (χ2v) is 10.6. The van der Waals surface area contributed by atoms with Crippen LogP contribution >= 0.6 is 23.2 Å². The topological polar surface area (TPSA) is 33.8 Å². The molecule has 5 nitrogen and oxygen atoms in total. The van der Waals surface area contributed by atoms with Gasteiger partial charge >= 0.3 is 0 Å². The number of likely N-dealkylation sites (tertiary alicyclic amines) is 1. The molecule has 0 bridgehead atoms. The lowest BCUT2D eigenvalue weighted by atomic mass is 9.97. The number of nitrogens with zero attached hydrogens (tertiary/aromatic N) is 3. The van der Waals surface area contributed by atoms with E-state index in [0.29, 0.717) is 23.7 Å². The summed E-state index contributed by atoms with van der Waals surface area (Å²) in [6.45, 7) is 7.94. The first kappa shape index (κ1) is 24.7. The molecule has 2 aromatic rings. The predicted molar refractivity (Wildman–Crippen MR) is 142 cm³/mol. The minimum atomic E-state index is -0.207. The molecule has 3 heterocycles. The summed E-state index contributed by atoms with van der Waals surface area (Å²) < 4.78 is 14.2. The third-order valence-electron chi connectivity index (χ3n) is 7.69. The van der Waals surface area contributed by atoms with Crippen molar-refractivity contribution in [1.82, 2.24) is 20.4 Å². The van der Waals surface area contributed by atoms with Crippen LogP contribution in [0.3, 0.4) is 0 Å². The van der Waals surface area contributed by atoms with E-state index in [9.17, 15) is 4.39 Å². The van der Waals surface area contributed by atoms with Crippen LogP contribution in [0.4, 0.5) is 10.1 Å². The highest BCUT2D eigenvalue weighted by molar-refractivity contribution is 6.33. The van der Waals surface area contributed by atoms with Crippen molar-refractivity contribution in [2.45, 2.75) is 51.0 Å². The summed E-state index contributed by atoms with van der Waals surface area (Å²) in [6.07, 6.45) is 7.27. The molecule has 3 aliphatic rings. The van der Waals surface area contributed by atoms with Gasteiger partial charge < -0.3 is 15.5 Å². The SMILES string of the molecule is CC[C@H]1CN(c2ccc(C3NC=CN3)cc2Cl)CCN1C1CCN(Cc2ccc(Cl)cc2F)CC1. The van der Waals surface area contributed by atoms with Gasteiger partial charge in [-0.3, -0.25) is 9.80 Å². The summed E-state index contributed by atoms with van der Waals surface area (Å²) in [4.78, 5) is 7.53. The first-order chi connectivity index (χ1) is 17.0. The van der Waals surface area contributed by atoms with Gasteiger partial charge in [-0.25, -0.2) is 4.39 Å². The fourth-order valence-corrected chi connectivity index (χ4v) is 6.19. The predicted octanol–water partition coefficient (Wildman–Crippen LogP) is 5.36. The number of rotatable bonds is 6. The number of benzene rings is 2. The maximum absolute atomic E-state index is 14.2. The minimum absolute atomic E-state index is 0.0869. The van der Waals surface area contributed by atoms with E-state index < -0.39 is 0 Å². The second-order valence-electron chi connectivity index (χ2n) is 9.80. The van der Waals surface area contributed by atoms with Crippen LogP contribution in [0.15, 0.2) is 48.8 Å². The third-order valence-corrected chi connectivity index (χ3v) is 8.23. The van der Waals surface area contributed by atoms with Gasteiger partial charge in [-0.1, -0.05) is 42.3 Å². The lowest BCUT2D eigenvalue weighted by Crippen LogP contribution is -2.58. The molecule has 5 rings (SSSR count). The van der Waals surface area contributed by atoms with E-state index in [1.807, 2.05) is 18.5 Å². The monoisotopic (exact) mass is 517 g/mol. The van der Waals surface area contributed by atoms with E-state index in [4.69, 9.17) is 23.2 Å². The zero-order valence-corrected chi connectivity index (χ0v) is 21.7. The Labute approximate surface area is 217 Å². The van der Waals surface area contributed by atoms with Gasteiger partial charge in [-0.05, 0) is 62.2 Å². The summed E-state index contributed by atoms with van der Waals surface area (Å²) in [5.74, 6) is -0.207. The van der Waals surface area contributed by atoms with Crippen molar-refractivity contribution in [3.05, 3.63) is 75.8 Å². The van der Waals surface area contributed by atoms with Crippen LogP contribution in [0.5, 0.6) is 0 Å². The second kappa shape index (κ2) is 11.0. The fourth-order valence-electron chi connectivity index (χ4n) is 5.72. The van der Waals surface area contributed by atoms with Crippen molar-refractivity contribution < 1.29 is 4.39 Å². The van der Waals surface area contributed by atoms with E-state index in [1.165, 1.54) is 6.07 Å². The van der Waals surface area contributed by atoms with Gasteiger partial charge in [-0.2, -0.15) is 0 Å². The zero-order chi connectivity index (χ0) is 24.4. The van der Waals surface area contributed by atoms with E-state index >= 15 is 0 Å². The number of nitrogens with one attached hydrogen (secondary N) is 2. The van der Waals surface area contributed by atoms with Gasteiger partial charge in [0.15, 0.2) is 0 Å². The molecule has 0 radical (unpaired) electrons. The Morgan fingerprint density at radius 2 is 1.74 bits per heavy atom. The van der Waals surface area contributed by atoms with Crippen LogP contribution < -0.4 is 15.5 Å². The number of piperidine rings is 1. The van der Waals surface area contributed by atoms with Crippen molar-refractivity contribution in [2.75, 3.05) is 37.6 Å². The molecule has 2 N–H and O–H groups in total. The fraction of sp³-hybridized carbons (Fsp3) is 0.481. The van der Waals surface area contributed by atoms with Crippen molar-refractivity contribution in [1.29, 1.82) is 0 Å². The number of piperazine rings is 1. The van der Waals surface area contributed by atoms with E-state index in [0.717, 1.165) is 73.8 Å². The summed E-state index contributed by atoms with van der Waals surface area (Å²) in [5.41, 5.74) is 2.99. The van der Waals surface area contributed by atoms with Gasteiger partial charge in [0.25, 0.3) is 0 Å². The first-order valence-corrected chi connectivity index (χ1v) is 13.4. The molecule has 2 saturated heterocycles. The van der Waals surface area contributed by atoms with Crippen LogP contribution in [0, 0.1) is 5.82 Å². The van der Waals surface area contributed by atoms with Crippen LogP contribution in [-0.2, 0) is 6.54 Å². The van der Waals surface area contributed by atoms with E-state index in [-0.39, 0.29) is 12.0 Å². The normalized spacial score (nSPS) is 22.4. The maximum atomic E-state index is 14.2. The summed E-state index contributed by atoms with van der Waals surface area (Å²) in [5, 5.41) is 7.82.